The molecule has 0 bridgehead atoms. The first-order valence-electron chi connectivity index (χ1n) is 9.75. The molecule has 5 nitrogen and oxygen atoms in total. The molecule has 0 aliphatic carbocycles. The highest BCUT2D eigenvalue weighted by molar-refractivity contribution is 7.89. The summed E-state index contributed by atoms with van der Waals surface area (Å²) in [5.41, 5.74) is 2.21. The topological polar surface area (TPSA) is 71.1 Å². The van der Waals surface area contributed by atoms with E-state index < -0.39 is 10.0 Å². The molecule has 2 aromatic heterocycles. The summed E-state index contributed by atoms with van der Waals surface area (Å²) in [5, 5.41) is 9.10. The number of sulfonamides is 1. The van der Waals surface area contributed by atoms with Crippen LogP contribution in [-0.4, -0.2) is 26.5 Å². The van der Waals surface area contributed by atoms with Gasteiger partial charge >= 0.3 is 0 Å². The van der Waals surface area contributed by atoms with Gasteiger partial charge in [0.05, 0.1) is 10.9 Å². The number of halogens is 1. The Kier molecular flexibility index (Phi) is 8.17. The van der Waals surface area contributed by atoms with E-state index in [4.69, 9.17) is 0 Å². The standard InChI is InChI=1S/C23H23N3O2S2.ClH/c27-30(28,22-7-6-20-15-24-12-9-19(20)14-22)26-23(21-10-13-29-17-21)16-25-11-8-18-4-2-1-3-5-18;/h1-7,9-10,12-15,17,23,25-26H,8,11,16H2;1H/t23-;/m0./s1. The van der Waals surface area contributed by atoms with Crippen molar-refractivity contribution in [2.75, 3.05) is 13.1 Å². The average Bonchev–Trinajstić information content (AvgIpc) is 3.31. The van der Waals surface area contributed by atoms with Crippen molar-refractivity contribution in [1.29, 1.82) is 0 Å². The highest BCUT2D eigenvalue weighted by atomic mass is 35.5. The minimum atomic E-state index is -3.67. The maximum absolute atomic E-state index is 13.1. The molecule has 2 N–H and O–H groups in total. The van der Waals surface area contributed by atoms with Crippen LogP contribution in [0.4, 0.5) is 0 Å². The van der Waals surface area contributed by atoms with Crippen molar-refractivity contribution >= 4 is 44.5 Å². The van der Waals surface area contributed by atoms with Gasteiger partial charge in [-0.3, -0.25) is 4.98 Å². The van der Waals surface area contributed by atoms with Crippen LogP contribution in [0.25, 0.3) is 10.8 Å². The van der Waals surface area contributed by atoms with E-state index in [0.717, 1.165) is 29.3 Å². The molecule has 0 radical (unpaired) electrons. The molecule has 8 heteroatoms. The fourth-order valence-electron chi connectivity index (χ4n) is 3.31. The zero-order valence-electron chi connectivity index (χ0n) is 16.8. The summed E-state index contributed by atoms with van der Waals surface area (Å²) in [6.07, 6.45) is 4.28. The molecule has 0 unspecified atom stereocenters. The van der Waals surface area contributed by atoms with Crippen LogP contribution in [0, 0.1) is 0 Å². The Balaban J connectivity index is 0.00000272. The van der Waals surface area contributed by atoms with Gasteiger partial charge in [0.15, 0.2) is 0 Å². The Morgan fingerprint density at radius 2 is 1.84 bits per heavy atom. The second-order valence-corrected chi connectivity index (χ2v) is 9.55. The molecule has 2 aromatic carbocycles. The van der Waals surface area contributed by atoms with Crippen LogP contribution in [0.15, 0.2) is 88.7 Å². The molecule has 162 valence electrons. The van der Waals surface area contributed by atoms with Gasteiger partial charge in [-0.2, -0.15) is 11.3 Å². The van der Waals surface area contributed by atoms with Crippen LogP contribution in [0.2, 0.25) is 0 Å². The van der Waals surface area contributed by atoms with Crippen LogP contribution in [0.5, 0.6) is 0 Å². The Labute approximate surface area is 193 Å². The molecule has 0 fully saturated rings. The van der Waals surface area contributed by atoms with Gasteiger partial charge in [-0.25, -0.2) is 13.1 Å². The van der Waals surface area contributed by atoms with E-state index in [1.165, 1.54) is 5.56 Å². The van der Waals surface area contributed by atoms with E-state index in [1.54, 1.807) is 41.9 Å². The Hall–Kier alpha value is -2.29. The summed E-state index contributed by atoms with van der Waals surface area (Å²) >= 11 is 1.56. The number of nitrogens with one attached hydrogen (secondary N) is 2. The zero-order chi connectivity index (χ0) is 20.8. The van der Waals surface area contributed by atoms with Gasteiger partial charge in [0, 0.05) is 24.3 Å². The van der Waals surface area contributed by atoms with Gasteiger partial charge in [-0.05, 0) is 64.5 Å². The van der Waals surface area contributed by atoms with Gasteiger partial charge in [0.2, 0.25) is 10.0 Å². The lowest BCUT2D eigenvalue weighted by molar-refractivity contribution is 0.530. The lowest BCUT2D eigenvalue weighted by Crippen LogP contribution is -2.36. The molecule has 0 saturated carbocycles. The molecule has 0 aliphatic heterocycles. The second-order valence-electron chi connectivity index (χ2n) is 7.05. The van der Waals surface area contributed by atoms with Crippen LogP contribution >= 0.6 is 23.7 Å². The number of thiophene rings is 1. The van der Waals surface area contributed by atoms with Crippen molar-refractivity contribution in [1.82, 2.24) is 15.0 Å². The summed E-state index contributed by atoms with van der Waals surface area (Å²) in [6.45, 7) is 1.29. The number of hydrogen-bond acceptors (Lipinski definition) is 5. The van der Waals surface area contributed by atoms with E-state index in [2.05, 4.69) is 27.2 Å². The average molecular weight is 474 g/mol. The Morgan fingerprint density at radius 1 is 1.00 bits per heavy atom. The van der Waals surface area contributed by atoms with Crippen molar-refractivity contribution in [3.8, 4) is 0 Å². The number of pyridine rings is 1. The normalized spacial score (nSPS) is 12.4. The third-order valence-corrected chi connectivity index (χ3v) is 7.12. The predicted molar refractivity (Wildman–Crippen MR) is 129 cm³/mol. The van der Waals surface area contributed by atoms with Gasteiger partial charge < -0.3 is 5.32 Å². The van der Waals surface area contributed by atoms with Gasteiger partial charge in [-0.1, -0.05) is 36.4 Å². The molecule has 0 aliphatic rings. The zero-order valence-corrected chi connectivity index (χ0v) is 19.2. The smallest absolute Gasteiger partial charge is 0.241 e. The third kappa shape index (κ3) is 6.12. The highest BCUT2D eigenvalue weighted by Gasteiger charge is 2.22. The molecule has 2 heterocycles. The van der Waals surface area contributed by atoms with Crippen LogP contribution < -0.4 is 10.0 Å². The molecule has 31 heavy (non-hydrogen) atoms. The van der Waals surface area contributed by atoms with Gasteiger partial charge in [0.25, 0.3) is 0 Å². The maximum Gasteiger partial charge on any atom is 0.241 e. The third-order valence-electron chi connectivity index (χ3n) is 4.95. The minimum absolute atomic E-state index is 0. The van der Waals surface area contributed by atoms with E-state index in [1.807, 2.05) is 41.1 Å². The lowest BCUT2D eigenvalue weighted by Gasteiger charge is -2.19. The van der Waals surface area contributed by atoms with Crippen LogP contribution in [-0.2, 0) is 16.4 Å². The first-order chi connectivity index (χ1) is 14.6. The van der Waals surface area contributed by atoms with E-state index in [-0.39, 0.29) is 23.3 Å². The van der Waals surface area contributed by atoms with Crippen molar-refractivity contribution < 1.29 is 8.42 Å². The van der Waals surface area contributed by atoms with Crippen LogP contribution in [0.1, 0.15) is 17.2 Å². The van der Waals surface area contributed by atoms with Crippen LogP contribution in [0.3, 0.4) is 0 Å². The first-order valence-corrected chi connectivity index (χ1v) is 12.2. The summed E-state index contributed by atoms with van der Waals surface area (Å²) in [7, 11) is -3.67. The summed E-state index contributed by atoms with van der Waals surface area (Å²) in [6, 6.07) is 18.8. The van der Waals surface area contributed by atoms with E-state index in [9.17, 15) is 8.42 Å². The van der Waals surface area contributed by atoms with Gasteiger partial charge in [-0.15, -0.1) is 12.4 Å². The molecular formula is C23H24ClN3O2S2. The minimum Gasteiger partial charge on any atom is -0.314 e. The lowest BCUT2D eigenvalue weighted by atomic mass is 10.1. The Morgan fingerprint density at radius 3 is 2.61 bits per heavy atom. The molecule has 4 rings (SSSR count). The molecule has 1 atom stereocenters. The quantitative estimate of drug-likeness (QED) is 0.349. The van der Waals surface area contributed by atoms with E-state index >= 15 is 0 Å². The molecule has 0 amide bonds. The van der Waals surface area contributed by atoms with Crippen molar-refractivity contribution in [3.05, 3.63) is 94.9 Å². The number of fused-ring (bicyclic) bond motifs is 1. The largest absolute Gasteiger partial charge is 0.314 e. The fourth-order valence-corrected chi connectivity index (χ4v) is 5.28. The molecule has 4 aromatic rings. The fraction of sp³-hybridized carbons (Fsp3) is 0.174. The predicted octanol–water partition coefficient (Wildman–Crippen LogP) is 4.57. The summed E-state index contributed by atoms with van der Waals surface area (Å²) in [5.74, 6) is 0. The number of hydrogen-bond donors (Lipinski definition) is 2. The number of aromatic nitrogens is 1. The molecule has 0 spiro atoms. The van der Waals surface area contributed by atoms with Gasteiger partial charge in [0.1, 0.15) is 0 Å². The van der Waals surface area contributed by atoms with E-state index in [0.29, 0.717) is 6.54 Å². The number of benzene rings is 2. The SMILES string of the molecule is Cl.O=S(=O)(N[C@@H](CNCCc1ccccc1)c1ccsc1)c1ccc2cnccc2c1. The van der Waals surface area contributed by atoms with Crippen molar-refractivity contribution in [2.24, 2.45) is 0 Å². The first kappa shape index (κ1) is 23.4. The highest BCUT2D eigenvalue weighted by Crippen LogP contribution is 2.22. The second kappa shape index (κ2) is 10.8. The monoisotopic (exact) mass is 473 g/mol. The number of rotatable bonds is 9. The van der Waals surface area contributed by atoms with Crippen molar-refractivity contribution in [2.45, 2.75) is 17.4 Å². The van der Waals surface area contributed by atoms with Crippen molar-refractivity contribution in [3.63, 3.8) is 0 Å². The summed E-state index contributed by atoms with van der Waals surface area (Å²) in [4.78, 5) is 4.33. The molecule has 0 saturated heterocycles. The Bertz CT molecular complexity index is 1200. The summed E-state index contributed by atoms with van der Waals surface area (Å²) < 4.78 is 29.0. The maximum atomic E-state index is 13.1. The molecular weight excluding hydrogens is 450 g/mol. The number of nitrogens with zero attached hydrogens (tertiary/aromatic N) is 1.